The van der Waals surface area contributed by atoms with E-state index in [2.05, 4.69) is 27.7 Å². The van der Waals surface area contributed by atoms with Gasteiger partial charge in [0.1, 0.15) is 11.2 Å². The van der Waals surface area contributed by atoms with Crippen molar-refractivity contribution in [2.75, 3.05) is 0 Å². The molecular weight excluding hydrogens is 336 g/mol. The first-order valence-corrected chi connectivity index (χ1v) is 11.2. The number of ketones is 2. The maximum atomic E-state index is 13.7. The average molecular weight is 371 g/mol. The van der Waals surface area contributed by atoms with E-state index < -0.39 is 11.2 Å². The van der Waals surface area contributed by atoms with Crippen molar-refractivity contribution in [3.8, 4) is 0 Å². The fourth-order valence-corrected chi connectivity index (χ4v) is 10.4. The molecule has 0 radical (unpaired) electrons. The minimum Gasteiger partial charge on any atom is -0.353 e. The molecule has 0 amide bonds. The van der Waals surface area contributed by atoms with Crippen LogP contribution < -0.4 is 0 Å². The van der Waals surface area contributed by atoms with Crippen LogP contribution in [-0.4, -0.2) is 22.8 Å². The standard InChI is InChI=1S/C24H34O3/c1-19-5-15-7-21(3,11-19)17(25)23(9-15,13-19)27-24-10-16-6-20(2,14-24)12-22(4,8-16)18(24)26/h15-16H,5-14H2,1-4H3. The summed E-state index contributed by atoms with van der Waals surface area (Å²) >= 11 is 0. The maximum absolute atomic E-state index is 13.7. The quantitative estimate of drug-likeness (QED) is 0.697. The highest BCUT2D eigenvalue weighted by atomic mass is 16.5. The molecule has 0 aromatic rings. The van der Waals surface area contributed by atoms with Crippen molar-refractivity contribution in [2.24, 2.45) is 33.5 Å². The lowest BCUT2D eigenvalue weighted by atomic mass is 9.41. The van der Waals surface area contributed by atoms with E-state index in [0.717, 1.165) is 51.4 Å². The first-order chi connectivity index (χ1) is 12.4. The number of hydrogen-bond donors (Lipinski definition) is 0. The van der Waals surface area contributed by atoms with Crippen molar-refractivity contribution >= 4 is 11.6 Å². The molecule has 0 spiro atoms. The summed E-state index contributed by atoms with van der Waals surface area (Å²) < 4.78 is 7.04. The highest BCUT2D eigenvalue weighted by Crippen LogP contribution is 2.70. The van der Waals surface area contributed by atoms with Gasteiger partial charge in [0.05, 0.1) is 0 Å². The Balaban J connectivity index is 1.44. The van der Waals surface area contributed by atoms with Gasteiger partial charge in [-0.2, -0.15) is 0 Å². The van der Waals surface area contributed by atoms with E-state index in [1.807, 2.05) is 0 Å². The Morgan fingerprint density at radius 2 is 1.04 bits per heavy atom. The molecular formula is C24H34O3. The Morgan fingerprint density at radius 3 is 1.41 bits per heavy atom. The molecule has 3 heteroatoms. The average Bonchev–Trinajstić information content (AvgIpc) is 2.46. The van der Waals surface area contributed by atoms with Gasteiger partial charge in [-0.15, -0.1) is 0 Å². The smallest absolute Gasteiger partial charge is 0.170 e. The maximum Gasteiger partial charge on any atom is 0.170 e. The molecule has 0 aromatic heterocycles. The molecule has 8 bridgehead atoms. The zero-order valence-electron chi connectivity index (χ0n) is 17.5. The molecule has 8 aliphatic carbocycles. The van der Waals surface area contributed by atoms with Crippen molar-refractivity contribution in [2.45, 2.75) is 103 Å². The van der Waals surface area contributed by atoms with Gasteiger partial charge in [-0.3, -0.25) is 9.59 Å². The topological polar surface area (TPSA) is 43.4 Å². The Kier molecular flexibility index (Phi) is 2.80. The molecule has 0 aromatic carbocycles. The third kappa shape index (κ3) is 1.98. The van der Waals surface area contributed by atoms with E-state index in [1.165, 1.54) is 12.8 Å². The van der Waals surface area contributed by atoms with E-state index in [9.17, 15) is 9.59 Å². The molecule has 148 valence electrons. The van der Waals surface area contributed by atoms with Gasteiger partial charge in [0.25, 0.3) is 0 Å². The minimum atomic E-state index is -0.684. The van der Waals surface area contributed by atoms with Crippen LogP contribution >= 0.6 is 0 Å². The predicted octanol–water partition coefficient (Wildman–Crippen LogP) is 4.86. The highest BCUT2D eigenvalue weighted by molar-refractivity contribution is 5.97. The summed E-state index contributed by atoms with van der Waals surface area (Å²) in [5.41, 5.74) is -1.40. The van der Waals surface area contributed by atoms with Crippen molar-refractivity contribution < 1.29 is 14.3 Å². The van der Waals surface area contributed by atoms with Crippen LogP contribution in [0.3, 0.4) is 0 Å². The lowest BCUT2D eigenvalue weighted by Gasteiger charge is -2.68. The van der Waals surface area contributed by atoms with Crippen molar-refractivity contribution in [1.82, 2.24) is 0 Å². The predicted molar refractivity (Wildman–Crippen MR) is 102 cm³/mol. The van der Waals surface area contributed by atoms with Crippen LogP contribution in [0.15, 0.2) is 0 Å². The van der Waals surface area contributed by atoms with E-state index in [0.29, 0.717) is 23.4 Å². The molecule has 8 unspecified atom stereocenters. The number of rotatable bonds is 2. The van der Waals surface area contributed by atoms with Crippen LogP contribution in [0.25, 0.3) is 0 Å². The van der Waals surface area contributed by atoms with Crippen molar-refractivity contribution in [3.05, 3.63) is 0 Å². The van der Waals surface area contributed by atoms with Gasteiger partial charge >= 0.3 is 0 Å². The summed E-state index contributed by atoms with van der Waals surface area (Å²) in [4.78, 5) is 27.4. The van der Waals surface area contributed by atoms with Crippen LogP contribution in [0.5, 0.6) is 0 Å². The number of hydrogen-bond acceptors (Lipinski definition) is 3. The molecule has 0 saturated heterocycles. The fraction of sp³-hybridized carbons (Fsp3) is 0.917. The normalized spacial score (nSPS) is 63.3. The third-order valence-corrected chi connectivity index (χ3v) is 9.65. The second kappa shape index (κ2) is 4.40. The van der Waals surface area contributed by atoms with E-state index in [4.69, 9.17) is 4.74 Å². The zero-order chi connectivity index (χ0) is 19.1. The van der Waals surface area contributed by atoms with E-state index >= 15 is 0 Å². The molecule has 8 aliphatic rings. The van der Waals surface area contributed by atoms with Gasteiger partial charge < -0.3 is 4.74 Å². The summed E-state index contributed by atoms with van der Waals surface area (Å²) in [7, 11) is 0. The van der Waals surface area contributed by atoms with Gasteiger partial charge in [-0.05, 0) is 86.9 Å². The first-order valence-electron chi connectivity index (χ1n) is 11.2. The molecule has 8 atom stereocenters. The number of Topliss-reactive ketones (excluding diaryl/α,β-unsaturated/α-hetero) is 2. The Morgan fingerprint density at radius 1 is 0.630 bits per heavy atom. The number of ether oxygens (including phenoxy) is 1. The van der Waals surface area contributed by atoms with Crippen LogP contribution in [-0.2, 0) is 14.3 Å². The van der Waals surface area contributed by atoms with E-state index in [1.54, 1.807) is 0 Å². The Bertz CT molecular complexity index is 724. The molecule has 3 nitrogen and oxygen atoms in total. The van der Waals surface area contributed by atoms with Crippen LogP contribution in [0.4, 0.5) is 0 Å². The summed E-state index contributed by atoms with van der Waals surface area (Å²) in [6, 6.07) is 0. The summed E-state index contributed by atoms with van der Waals surface area (Å²) in [6.45, 7) is 9.09. The van der Waals surface area contributed by atoms with Gasteiger partial charge in [-0.25, -0.2) is 0 Å². The Hall–Kier alpha value is -0.700. The SMILES string of the molecule is CC12CC3CC(C)(C1)C(=O)C(OC14CC5CC(C)(CC(C)(C5)C1=O)C4)(C3)C2. The van der Waals surface area contributed by atoms with Gasteiger partial charge in [0.2, 0.25) is 0 Å². The monoisotopic (exact) mass is 370 g/mol. The van der Waals surface area contributed by atoms with Crippen molar-refractivity contribution in [1.29, 1.82) is 0 Å². The molecule has 8 saturated carbocycles. The fourth-order valence-electron chi connectivity index (χ4n) is 10.4. The highest BCUT2D eigenvalue weighted by Gasteiger charge is 2.72. The van der Waals surface area contributed by atoms with Crippen LogP contribution in [0.1, 0.15) is 91.9 Å². The molecule has 8 fully saturated rings. The molecule has 0 N–H and O–H groups in total. The van der Waals surface area contributed by atoms with Gasteiger partial charge in [0, 0.05) is 10.8 Å². The number of carbonyl (C=O) groups is 2. The summed E-state index contributed by atoms with van der Waals surface area (Å²) in [5.74, 6) is 1.86. The largest absolute Gasteiger partial charge is 0.353 e. The van der Waals surface area contributed by atoms with E-state index in [-0.39, 0.29) is 21.7 Å². The zero-order valence-corrected chi connectivity index (χ0v) is 17.5. The first kappa shape index (κ1) is 17.2. The lowest BCUT2D eigenvalue weighted by molar-refractivity contribution is -0.269. The summed E-state index contributed by atoms with van der Waals surface area (Å²) in [6.07, 6.45) is 9.99. The molecule has 0 aliphatic heterocycles. The summed E-state index contributed by atoms with van der Waals surface area (Å²) in [5, 5.41) is 0. The van der Waals surface area contributed by atoms with Gasteiger partial charge in [0.15, 0.2) is 11.6 Å². The van der Waals surface area contributed by atoms with Crippen LogP contribution in [0, 0.1) is 33.5 Å². The van der Waals surface area contributed by atoms with Crippen molar-refractivity contribution in [3.63, 3.8) is 0 Å². The second-order valence-electron chi connectivity index (χ2n) is 13.2. The number of carbonyl (C=O) groups excluding carboxylic acids is 2. The second-order valence-corrected chi connectivity index (χ2v) is 13.2. The lowest BCUT2D eigenvalue weighted by Crippen LogP contribution is -2.73. The molecule has 8 rings (SSSR count). The van der Waals surface area contributed by atoms with Gasteiger partial charge in [-0.1, -0.05) is 27.7 Å². The molecule has 0 heterocycles. The Labute approximate surface area is 163 Å². The molecule has 27 heavy (non-hydrogen) atoms. The minimum absolute atomic E-state index is 0.211. The third-order valence-electron chi connectivity index (χ3n) is 9.65. The van der Waals surface area contributed by atoms with Crippen LogP contribution in [0.2, 0.25) is 0 Å².